The second-order valence-electron chi connectivity index (χ2n) is 4.49. The van der Waals surface area contributed by atoms with Crippen LogP contribution in [0.25, 0.3) is 0 Å². The van der Waals surface area contributed by atoms with E-state index in [-0.39, 0.29) is 18.2 Å². The number of carbonyl (C=O) groups is 2. The summed E-state index contributed by atoms with van der Waals surface area (Å²) in [6.07, 6.45) is 1.84. The molecule has 1 aliphatic rings. The molecule has 1 amide bonds. The zero-order valence-electron chi connectivity index (χ0n) is 11.0. The van der Waals surface area contributed by atoms with Gasteiger partial charge in [-0.05, 0) is 24.6 Å². The van der Waals surface area contributed by atoms with Crippen molar-refractivity contribution >= 4 is 23.6 Å². The first kappa shape index (κ1) is 15.5. The molecule has 0 aromatic heterocycles. The van der Waals surface area contributed by atoms with Crippen molar-refractivity contribution in [2.75, 3.05) is 18.8 Å². The van der Waals surface area contributed by atoms with E-state index < -0.39 is 17.6 Å². The quantitative estimate of drug-likeness (QED) is 0.867. The lowest BCUT2D eigenvalue weighted by Crippen LogP contribution is -2.36. The van der Waals surface area contributed by atoms with Gasteiger partial charge >= 0.3 is 5.97 Å². The number of hydrogen-bond acceptors (Lipinski definition) is 3. The van der Waals surface area contributed by atoms with Gasteiger partial charge in [0.1, 0.15) is 0 Å². The van der Waals surface area contributed by atoms with Gasteiger partial charge in [-0.2, -0.15) is 0 Å². The summed E-state index contributed by atoms with van der Waals surface area (Å²) in [4.78, 5) is 24.7. The molecule has 0 unspecified atom stereocenters. The standard InChI is InChI=1S/C14H13F2NO3S/c15-11-2-1-10(7-12(11)16)21-8-13(18)17-5-3-9(4-6-17)14(19)20/h1-3,7H,4-6,8H2,(H,19,20). The van der Waals surface area contributed by atoms with Gasteiger partial charge in [-0.25, -0.2) is 13.6 Å². The van der Waals surface area contributed by atoms with Crippen LogP contribution in [-0.4, -0.2) is 40.7 Å². The fraction of sp³-hybridized carbons (Fsp3) is 0.286. The molecule has 0 aliphatic carbocycles. The second-order valence-corrected chi connectivity index (χ2v) is 5.54. The van der Waals surface area contributed by atoms with Gasteiger partial charge in [0.25, 0.3) is 0 Å². The van der Waals surface area contributed by atoms with Crippen molar-refractivity contribution in [3.05, 3.63) is 41.5 Å². The van der Waals surface area contributed by atoms with Crippen LogP contribution in [0.3, 0.4) is 0 Å². The number of carbonyl (C=O) groups excluding carboxylic acids is 1. The Kier molecular flexibility index (Phi) is 4.95. The minimum Gasteiger partial charge on any atom is -0.478 e. The van der Waals surface area contributed by atoms with Crippen LogP contribution in [0.15, 0.2) is 34.7 Å². The van der Waals surface area contributed by atoms with Crippen molar-refractivity contribution < 1.29 is 23.5 Å². The monoisotopic (exact) mass is 313 g/mol. The highest BCUT2D eigenvalue weighted by Crippen LogP contribution is 2.21. The highest BCUT2D eigenvalue weighted by atomic mass is 32.2. The molecule has 0 atom stereocenters. The number of amides is 1. The third kappa shape index (κ3) is 4.04. The minimum atomic E-state index is -0.960. The van der Waals surface area contributed by atoms with Crippen molar-refractivity contribution in [2.24, 2.45) is 0 Å². The van der Waals surface area contributed by atoms with Crippen LogP contribution >= 0.6 is 11.8 Å². The van der Waals surface area contributed by atoms with E-state index in [0.717, 1.165) is 23.9 Å². The van der Waals surface area contributed by atoms with Gasteiger partial charge in [0.05, 0.1) is 5.75 Å². The molecular formula is C14H13F2NO3S. The summed E-state index contributed by atoms with van der Waals surface area (Å²) >= 11 is 1.12. The lowest BCUT2D eigenvalue weighted by molar-refractivity contribution is -0.134. The number of aliphatic carboxylic acids is 1. The van der Waals surface area contributed by atoms with Crippen molar-refractivity contribution in [3.8, 4) is 0 Å². The Labute approximate surface area is 124 Å². The zero-order chi connectivity index (χ0) is 15.4. The molecule has 7 heteroatoms. The molecule has 0 radical (unpaired) electrons. The SMILES string of the molecule is O=C(O)C1=CCN(C(=O)CSc2ccc(F)c(F)c2)CC1. The summed E-state index contributed by atoms with van der Waals surface area (Å²) in [5.74, 6) is -2.89. The maximum Gasteiger partial charge on any atom is 0.331 e. The number of carboxylic acid groups (broad SMARTS) is 1. The smallest absolute Gasteiger partial charge is 0.331 e. The lowest BCUT2D eigenvalue weighted by atomic mass is 10.1. The Morgan fingerprint density at radius 1 is 1.29 bits per heavy atom. The molecule has 0 saturated heterocycles. The van der Waals surface area contributed by atoms with Gasteiger partial charge in [-0.1, -0.05) is 6.08 Å². The predicted octanol–water partition coefficient (Wildman–Crippen LogP) is 2.30. The Balaban J connectivity index is 1.88. The molecule has 1 heterocycles. The van der Waals surface area contributed by atoms with E-state index in [0.29, 0.717) is 23.4 Å². The van der Waals surface area contributed by atoms with Crippen molar-refractivity contribution in [3.63, 3.8) is 0 Å². The van der Waals surface area contributed by atoms with Gasteiger partial charge in [0.2, 0.25) is 5.91 Å². The molecular weight excluding hydrogens is 300 g/mol. The van der Waals surface area contributed by atoms with Crippen LogP contribution in [-0.2, 0) is 9.59 Å². The fourth-order valence-electron chi connectivity index (χ4n) is 1.89. The molecule has 1 aromatic rings. The summed E-state index contributed by atoms with van der Waals surface area (Å²) in [7, 11) is 0. The Morgan fingerprint density at radius 2 is 2.05 bits per heavy atom. The molecule has 4 nitrogen and oxygen atoms in total. The van der Waals surface area contributed by atoms with E-state index >= 15 is 0 Å². The number of thioether (sulfide) groups is 1. The molecule has 0 fully saturated rings. The average Bonchev–Trinajstić information content (AvgIpc) is 2.48. The van der Waals surface area contributed by atoms with Crippen LogP contribution in [0.4, 0.5) is 8.78 Å². The van der Waals surface area contributed by atoms with E-state index in [1.54, 1.807) is 4.90 Å². The molecule has 2 rings (SSSR count). The Morgan fingerprint density at radius 3 is 2.62 bits per heavy atom. The van der Waals surface area contributed by atoms with E-state index in [9.17, 15) is 18.4 Å². The predicted molar refractivity (Wildman–Crippen MR) is 74.0 cm³/mol. The number of hydrogen-bond donors (Lipinski definition) is 1. The first-order chi connectivity index (χ1) is 9.97. The van der Waals surface area contributed by atoms with Gasteiger partial charge in [0, 0.05) is 23.6 Å². The second kappa shape index (κ2) is 6.71. The minimum absolute atomic E-state index is 0.0985. The third-order valence-corrected chi connectivity index (χ3v) is 4.07. The fourth-order valence-corrected chi connectivity index (χ4v) is 2.72. The topological polar surface area (TPSA) is 57.6 Å². The number of rotatable bonds is 4. The summed E-state index contributed by atoms with van der Waals surface area (Å²) < 4.78 is 25.8. The van der Waals surface area contributed by atoms with Crippen LogP contribution in [0.1, 0.15) is 6.42 Å². The number of halogens is 2. The number of nitrogens with zero attached hydrogens (tertiary/aromatic N) is 1. The lowest BCUT2D eigenvalue weighted by Gasteiger charge is -2.25. The first-order valence-electron chi connectivity index (χ1n) is 6.25. The summed E-state index contributed by atoms with van der Waals surface area (Å²) in [6.45, 7) is 0.619. The van der Waals surface area contributed by atoms with E-state index in [1.807, 2.05) is 0 Å². The molecule has 21 heavy (non-hydrogen) atoms. The highest BCUT2D eigenvalue weighted by molar-refractivity contribution is 8.00. The molecule has 0 bridgehead atoms. The Bertz CT molecular complexity index is 604. The molecule has 1 aromatic carbocycles. The first-order valence-corrected chi connectivity index (χ1v) is 7.24. The maximum atomic E-state index is 13.0. The summed E-state index contributed by atoms with van der Waals surface area (Å²) in [6, 6.07) is 3.48. The Hall–Kier alpha value is -1.89. The summed E-state index contributed by atoms with van der Waals surface area (Å²) in [5.41, 5.74) is 0.312. The van der Waals surface area contributed by atoms with E-state index in [4.69, 9.17) is 5.11 Å². The van der Waals surface area contributed by atoms with Crippen LogP contribution in [0, 0.1) is 11.6 Å². The molecule has 112 valence electrons. The van der Waals surface area contributed by atoms with Crippen LogP contribution < -0.4 is 0 Å². The largest absolute Gasteiger partial charge is 0.478 e. The third-order valence-electron chi connectivity index (χ3n) is 3.09. The molecule has 0 spiro atoms. The molecule has 1 N–H and O–H groups in total. The number of carboxylic acids is 1. The maximum absolute atomic E-state index is 13.0. The van der Waals surface area contributed by atoms with E-state index in [1.165, 1.54) is 12.1 Å². The van der Waals surface area contributed by atoms with Gasteiger partial charge in [-0.15, -0.1) is 11.8 Å². The van der Waals surface area contributed by atoms with E-state index in [2.05, 4.69) is 0 Å². The molecule has 1 aliphatic heterocycles. The van der Waals surface area contributed by atoms with Gasteiger partial charge in [-0.3, -0.25) is 4.79 Å². The van der Waals surface area contributed by atoms with Crippen LogP contribution in [0.5, 0.6) is 0 Å². The highest BCUT2D eigenvalue weighted by Gasteiger charge is 2.20. The average molecular weight is 313 g/mol. The summed E-state index contributed by atoms with van der Waals surface area (Å²) in [5, 5.41) is 8.82. The van der Waals surface area contributed by atoms with Gasteiger partial charge in [0.15, 0.2) is 11.6 Å². The van der Waals surface area contributed by atoms with Crippen molar-refractivity contribution in [1.82, 2.24) is 4.90 Å². The van der Waals surface area contributed by atoms with Crippen molar-refractivity contribution in [2.45, 2.75) is 11.3 Å². The molecule has 0 saturated carbocycles. The zero-order valence-corrected chi connectivity index (χ0v) is 11.8. The number of benzene rings is 1. The van der Waals surface area contributed by atoms with Gasteiger partial charge < -0.3 is 10.0 Å². The van der Waals surface area contributed by atoms with Crippen molar-refractivity contribution in [1.29, 1.82) is 0 Å². The normalized spacial score (nSPS) is 14.8. The van der Waals surface area contributed by atoms with Crippen LogP contribution in [0.2, 0.25) is 0 Å².